The number of tetrazole rings is 1. The van der Waals surface area contributed by atoms with Crippen molar-refractivity contribution in [2.75, 3.05) is 0 Å². The van der Waals surface area contributed by atoms with Crippen LogP contribution in [0.2, 0.25) is 0 Å². The van der Waals surface area contributed by atoms with Gasteiger partial charge < -0.3 is 14.6 Å². The average molecular weight is 551 g/mol. The molecule has 9 nitrogen and oxygen atoms in total. The van der Waals surface area contributed by atoms with E-state index >= 15 is 0 Å². The lowest BCUT2D eigenvalue weighted by molar-refractivity contribution is -0.142. The summed E-state index contributed by atoms with van der Waals surface area (Å²) in [6, 6.07) is 16.0. The topological polar surface area (TPSA) is 106 Å². The van der Waals surface area contributed by atoms with Crippen molar-refractivity contribution in [2.24, 2.45) is 0 Å². The fourth-order valence-corrected chi connectivity index (χ4v) is 5.37. The van der Waals surface area contributed by atoms with Crippen molar-refractivity contribution in [3.05, 3.63) is 98.3 Å². The molecule has 12 heteroatoms. The third kappa shape index (κ3) is 6.03. The first-order chi connectivity index (χ1) is 18.5. The van der Waals surface area contributed by atoms with Gasteiger partial charge in [-0.05, 0) is 64.9 Å². The highest BCUT2D eigenvalue weighted by Crippen LogP contribution is 2.29. The van der Waals surface area contributed by atoms with Gasteiger partial charge in [0.2, 0.25) is 17.6 Å². The molecular formula is C26H23FN6O3S2. The number of aromatic nitrogens is 4. The molecule has 4 aromatic heterocycles. The molecule has 0 saturated carbocycles. The zero-order valence-electron chi connectivity index (χ0n) is 20.3. The number of nitrogens with one attached hydrogen (secondary N) is 1. The Morgan fingerprint density at radius 3 is 2.55 bits per heavy atom. The Balaban J connectivity index is 1.40. The minimum Gasteiger partial charge on any atom is -0.458 e. The Morgan fingerprint density at radius 1 is 1.08 bits per heavy atom. The molecule has 5 rings (SSSR count). The Bertz CT molecular complexity index is 1500. The second kappa shape index (κ2) is 11.5. The zero-order valence-corrected chi connectivity index (χ0v) is 21.9. The third-order valence-electron chi connectivity index (χ3n) is 5.67. The summed E-state index contributed by atoms with van der Waals surface area (Å²) >= 11 is 2.88. The van der Waals surface area contributed by atoms with E-state index in [1.807, 2.05) is 41.9 Å². The SMILES string of the molecule is Cc1ccc(-c2nnn(CC(=O)N(Cc3cccs3)[C@H](C(=O)NCc3ccc(F)cc3)c3cccs3)n2)o1. The zero-order chi connectivity index (χ0) is 26.5. The first kappa shape index (κ1) is 25.5. The van der Waals surface area contributed by atoms with Gasteiger partial charge in [-0.1, -0.05) is 24.3 Å². The molecular weight excluding hydrogens is 527 g/mol. The van der Waals surface area contributed by atoms with Crippen LogP contribution in [-0.4, -0.2) is 36.9 Å². The van der Waals surface area contributed by atoms with Gasteiger partial charge in [0.1, 0.15) is 24.2 Å². The second-order valence-corrected chi connectivity index (χ2v) is 10.4. The van der Waals surface area contributed by atoms with Crippen LogP contribution in [0.25, 0.3) is 11.6 Å². The number of hydrogen-bond donors (Lipinski definition) is 1. The van der Waals surface area contributed by atoms with E-state index in [-0.39, 0.29) is 43.1 Å². The third-order valence-corrected chi connectivity index (χ3v) is 7.46. The van der Waals surface area contributed by atoms with Gasteiger partial charge in [-0.2, -0.15) is 4.80 Å². The van der Waals surface area contributed by atoms with Gasteiger partial charge in [-0.3, -0.25) is 9.59 Å². The summed E-state index contributed by atoms with van der Waals surface area (Å²) in [5.41, 5.74) is 0.744. The van der Waals surface area contributed by atoms with Crippen LogP contribution < -0.4 is 5.32 Å². The Labute approximate surface area is 225 Å². The maximum Gasteiger partial charge on any atom is 0.248 e. The van der Waals surface area contributed by atoms with Crippen LogP contribution in [0, 0.1) is 12.7 Å². The fourth-order valence-electron chi connectivity index (χ4n) is 3.83. The normalized spacial score (nSPS) is 11.8. The number of thiophene rings is 2. The van der Waals surface area contributed by atoms with E-state index in [1.165, 1.54) is 44.5 Å². The van der Waals surface area contributed by atoms with Crippen LogP contribution in [0.15, 0.2) is 75.8 Å². The number of carbonyl (C=O) groups excluding carboxylic acids is 2. The maximum atomic E-state index is 13.7. The van der Waals surface area contributed by atoms with Gasteiger partial charge >= 0.3 is 0 Å². The number of aryl methyl sites for hydroxylation is 1. The Kier molecular flexibility index (Phi) is 7.70. The van der Waals surface area contributed by atoms with Crippen molar-refractivity contribution in [1.29, 1.82) is 0 Å². The van der Waals surface area contributed by atoms with Crippen LogP contribution >= 0.6 is 22.7 Å². The molecule has 1 aromatic carbocycles. The van der Waals surface area contributed by atoms with Crippen LogP contribution in [0.3, 0.4) is 0 Å². The minimum atomic E-state index is -0.888. The molecule has 0 aliphatic rings. The number of nitrogens with zero attached hydrogens (tertiary/aromatic N) is 5. The summed E-state index contributed by atoms with van der Waals surface area (Å²) in [6.07, 6.45) is 0. The van der Waals surface area contributed by atoms with Crippen LogP contribution in [0.4, 0.5) is 4.39 Å². The van der Waals surface area contributed by atoms with Gasteiger partial charge in [0.15, 0.2) is 5.76 Å². The molecule has 0 spiro atoms. The van der Waals surface area contributed by atoms with Crippen molar-refractivity contribution in [3.63, 3.8) is 0 Å². The van der Waals surface area contributed by atoms with E-state index in [4.69, 9.17) is 4.42 Å². The van der Waals surface area contributed by atoms with E-state index in [9.17, 15) is 14.0 Å². The summed E-state index contributed by atoms with van der Waals surface area (Å²) in [7, 11) is 0. The van der Waals surface area contributed by atoms with Gasteiger partial charge in [0.25, 0.3) is 0 Å². The van der Waals surface area contributed by atoms with Crippen molar-refractivity contribution >= 4 is 34.5 Å². The largest absolute Gasteiger partial charge is 0.458 e. The van der Waals surface area contributed by atoms with E-state index in [2.05, 4.69) is 20.7 Å². The number of amides is 2. The molecule has 0 saturated heterocycles. The van der Waals surface area contributed by atoms with E-state index in [0.717, 1.165) is 10.4 Å². The van der Waals surface area contributed by atoms with Gasteiger partial charge in [-0.15, -0.1) is 32.9 Å². The molecule has 1 atom stereocenters. The molecule has 2 amide bonds. The van der Waals surface area contributed by atoms with E-state index < -0.39 is 6.04 Å². The first-order valence-electron chi connectivity index (χ1n) is 11.7. The fraction of sp³-hybridized carbons (Fsp3) is 0.192. The summed E-state index contributed by atoms with van der Waals surface area (Å²) in [6.45, 7) is 2.01. The molecule has 0 fully saturated rings. The van der Waals surface area contributed by atoms with E-state index in [1.54, 1.807) is 24.3 Å². The predicted octanol–water partition coefficient (Wildman–Crippen LogP) is 4.59. The number of carbonyl (C=O) groups is 2. The molecule has 38 heavy (non-hydrogen) atoms. The van der Waals surface area contributed by atoms with Crippen LogP contribution in [-0.2, 0) is 29.2 Å². The van der Waals surface area contributed by atoms with Crippen LogP contribution in [0.1, 0.15) is 27.1 Å². The molecule has 0 bridgehead atoms. The second-order valence-electron chi connectivity index (χ2n) is 8.42. The first-order valence-corrected chi connectivity index (χ1v) is 13.4. The van der Waals surface area contributed by atoms with Gasteiger partial charge in [0.05, 0.1) is 6.54 Å². The summed E-state index contributed by atoms with van der Waals surface area (Å²) in [5.74, 6) is 0.375. The number of halogens is 1. The quantitative estimate of drug-likeness (QED) is 0.273. The lowest BCUT2D eigenvalue weighted by Gasteiger charge is -2.30. The highest BCUT2D eigenvalue weighted by molar-refractivity contribution is 7.10. The van der Waals surface area contributed by atoms with E-state index in [0.29, 0.717) is 16.4 Å². The molecule has 0 aliphatic carbocycles. The van der Waals surface area contributed by atoms with Crippen molar-refractivity contribution in [1.82, 2.24) is 30.4 Å². The molecule has 4 heterocycles. The molecule has 0 radical (unpaired) electrons. The highest BCUT2D eigenvalue weighted by Gasteiger charge is 2.33. The molecule has 194 valence electrons. The molecule has 5 aromatic rings. The number of rotatable bonds is 10. The Hall–Kier alpha value is -4.16. The summed E-state index contributed by atoms with van der Waals surface area (Å²) in [5, 5.41) is 19.0. The Morgan fingerprint density at radius 2 is 1.87 bits per heavy atom. The highest BCUT2D eigenvalue weighted by atomic mass is 32.1. The monoisotopic (exact) mass is 550 g/mol. The van der Waals surface area contributed by atoms with Crippen molar-refractivity contribution < 1.29 is 18.4 Å². The van der Waals surface area contributed by atoms with Crippen molar-refractivity contribution in [2.45, 2.75) is 32.6 Å². The summed E-state index contributed by atoms with van der Waals surface area (Å²) in [4.78, 5) is 31.6. The smallest absolute Gasteiger partial charge is 0.248 e. The number of furan rings is 1. The maximum absolute atomic E-state index is 13.7. The lowest BCUT2D eigenvalue weighted by Crippen LogP contribution is -2.44. The standard InChI is InChI=1S/C26H23FN6O3S2/c1-17-6-11-21(36-17)25-29-31-33(30-25)16-23(34)32(15-20-4-2-12-37-20)24(22-5-3-13-38-22)26(35)28-14-18-7-9-19(27)10-8-18/h2-13,24H,14-16H2,1H3,(H,28,35)/t24-/m0/s1. The van der Waals surface area contributed by atoms with Crippen LogP contribution in [0.5, 0.6) is 0 Å². The van der Waals surface area contributed by atoms with Crippen molar-refractivity contribution in [3.8, 4) is 11.6 Å². The lowest BCUT2D eigenvalue weighted by atomic mass is 10.1. The molecule has 1 N–H and O–H groups in total. The molecule has 0 aliphatic heterocycles. The number of hydrogen-bond acceptors (Lipinski definition) is 8. The average Bonchev–Trinajstić information content (AvgIpc) is 3.72. The minimum absolute atomic E-state index is 0.193. The predicted molar refractivity (Wildman–Crippen MR) is 140 cm³/mol. The number of benzene rings is 1. The van der Waals surface area contributed by atoms with Gasteiger partial charge in [0, 0.05) is 16.3 Å². The molecule has 0 unspecified atom stereocenters. The summed E-state index contributed by atoms with van der Waals surface area (Å²) < 4.78 is 18.9. The van der Waals surface area contributed by atoms with Gasteiger partial charge in [-0.25, -0.2) is 4.39 Å².